The van der Waals surface area contributed by atoms with E-state index in [1.165, 1.54) is 5.56 Å². The number of hydrogen-bond donors (Lipinski definition) is 2. The summed E-state index contributed by atoms with van der Waals surface area (Å²) < 4.78 is 0. The highest BCUT2D eigenvalue weighted by Gasteiger charge is 1.97. The molecule has 1 aromatic rings. The summed E-state index contributed by atoms with van der Waals surface area (Å²) in [7, 11) is 0. The Kier molecular flexibility index (Phi) is 4.77. The van der Waals surface area contributed by atoms with Gasteiger partial charge in [-0.05, 0) is 37.5 Å². The SMILES string of the molecule is Cc1ccc(Cl)cc1NCCCCO. The summed E-state index contributed by atoms with van der Waals surface area (Å²) in [6.45, 7) is 3.18. The summed E-state index contributed by atoms with van der Waals surface area (Å²) in [6.07, 6.45) is 1.81. The number of anilines is 1. The maximum Gasteiger partial charge on any atom is 0.0431 e. The Morgan fingerprint density at radius 2 is 2.14 bits per heavy atom. The minimum Gasteiger partial charge on any atom is -0.396 e. The third kappa shape index (κ3) is 3.56. The van der Waals surface area contributed by atoms with Crippen molar-refractivity contribution in [1.29, 1.82) is 0 Å². The van der Waals surface area contributed by atoms with Gasteiger partial charge in [0.15, 0.2) is 0 Å². The van der Waals surface area contributed by atoms with E-state index in [1.54, 1.807) is 0 Å². The fraction of sp³-hybridized carbons (Fsp3) is 0.455. The first-order valence-corrected chi connectivity index (χ1v) is 5.22. The van der Waals surface area contributed by atoms with E-state index in [4.69, 9.17) is 16.7 Å². The van der Waals surface area contributed by atoms with Crippen LogP contribution < -0.4 is 5.32 Å². The van der Waals surface area contributed by atoms with Crippen LogP contribution in [0, 0.1) is 6.92 Å². The quantitative estimate of drug-likeness (QED) is 0.738. The molecule has 1 aromatic carbocycles. The Bertz CT molecular complexity index is 289. The molecule has 0 spiro atoms. The Labute approximate surface area is 89.9 Å². The maximum atomic E-state index is 8.61. The van der Waals surface area contributed by atoms with Crippen molar-refractivity contribution in [1.82, 2.24) is 0 Å². The van der Waals surface area contributed by atoms with Gasteiger partial charge in [-0.1, -0.05) is 17.7 Å². The van der Waals surface area contributed by atoms with E-state index in [1.807, 2.05) is 25.1 Å². The van der Waals surface area contributed by atoms with Gasteiger partial charge in [-0.3, -0.25) is 0 Å². The molecule has 0 amide bonds. The molecule has 2 N–H and O–H groups in total. The lowest BCUT2D eigenvalue weighted by molar-refractivity contribution is 0.286. The molecular weight excluding hydrogens is 198 g/mol. The van der Waals surface area contributed by atoms with Crippen LogP contribution in [0.3, 0.4) is 0 Å². The lowest BCUT2D eigenvalue weighted by atomic mass is 10.2. The Morgan fingerprint density at radius 3 is 2.86 bits per heavy atom. The molecule has 0 unspecified atom stereocenters. The molecule has 0 aliphatic carbocycles. The molecule has 0 saturated heterocycles. The van der Waals surface area contributed by atoms with Crippen LogP contribution in [0.15, 0.2) is 18.2 Å². The zero-order valence-electron chi connectivity index (χ0n) is 8.39. The first-order chi connectivity index (χ1) is 6.74. The number of benzene rings is 1. The number of aryl methyl sites for hydroxylation is 1. The van der Waals surface area contributed by atoms with Crippen molar-refractivity contribution in [3.05, 3.63) is 28.8 Å². The zero-order chi connectivity index (χ0) is 10.4. The lowest BCUT2D eigenvalue weighted by Crippen LogP contribution is -2.03. The van der Waals surface area contributed by atoms with Crippen molar-refractivity contribution in [2.75, 3.05) is 18.5 Å². The molecule has 0 atom stereocenters. The first-order valence-electron chi connectivity index (χ1n) is 4.85. The fourth-order valence-electron chi connectivity index (χ4n) is 1.24. The fourth-order valence-corrected chi connectivity index (χ4v) is 1.42. The van der Waals surface area contributed by atoms with Crippen molar-refractivity contribution in [2.24, 2.45) is 0 Å². The summed E-state index contributed by atoms with van der Waals surface area (Å²) >= 11 is 5.88. The van der Waals surface area contributed by atoms with E-state index in [2.05, 4.69) is 5.32 Å². The van der Waals surface area contributed by atoms with Gasteiger partial charge < -0.3 is 10.4 Å². The molecule has 0 aliphatic heterocycles. The Hall–Kier alpha value is -0.730. The van der Waals surface area contributed by atoms with Crippen LogP contribution in [0.5, 0.6) is 0 Å². The lowest BCUT2D eigenvalue weighted by Gasteiger charge is -2.09. The number of halogens is 1. The topological polar surface area (TPSA) is 32.3 Å². The average Bonchev–Trinajstić information content (AvgIpc) is 2.18. The summed E-state index contributed by atoms with van der Waals surface area (Å²) in [5.41, 5.74) is 2.27. The highest BCUT2D eigenvalue weighted by molar-refractivity contribution is 6.30. The molecule has 1 rings (SSSR count). The smallest absolute Gasteiger partial charge is 0.0431 e. The van der Waals surface area contributed by atoms with E-state index < -0.39 is 0 Å². The number of unbranched alkanes of at least 4 members (excludes halogenated alkanes) is 1. The summed E-state index contributed by atoms with van der Waals surface area (Å²) in [5, 5.41) is 12.7. The van der Waals surface area contributed by atoms with E-state index >= 15 is 0 Å². The molecule has 0 aromatic heterocycles. The maximum absolute atomic E-state index is 8.61. The largest absolute Gasteiger partial charge is 0.396 e. The standard InChI is InChI=1S/C11H16ClNO/c1-9-4-5-10(12)8-11(9)13-6-2-3-7-14/h4-5,8,13-14H,2-3,6-7H2,1H3. The third-order valence-electron chi connectivity index (χ3n) is 2.10. The second-order valence-corrected chi connectivity index (χ2v) is 3.75. The van der Waals surface area contributed by atoms with Crippen molar-refractivity contribution in [3.8, 4) is 0 Å². The second kappa shape index (κ2) is 5.89. The molecule has 14 heavy (non-hydrogen) atoms. The van der Waals surface area contributed by atoms with Gasteiger partial charge in [0.05, 0.1) is 0 Å². The molecule has 2 nitrogen and oxygen atoms in total. The summed E-state index contributed by atoms with van der Waals surface area (Å²) in [4.78, 5) is 0. The molecule has 0 saturated carbocycles. The molecule has 78 valence electrons. The minimum atomic E-state index is 0.260. The first kappa shape index (κ1) is 11.3. The number of rotatable bonds is 5. The van der Waals surface area contributed by atoms with Crippen LogP contribution in [0.25, 0.3) is 0 Å². The molecular formula is C11H16ClNO. The van der Waals surface area contributed by atoms with E-state index in [-0.39, 0.29) is 6.61 Å². The van der Waals surface area contributed by atoms with Crippen LogP contribution in [0.4, 0.5) is 5.69 Å². The van der Waals surface area contributed by atoms with Crippen LogP contribution in [-0.4, -0.2) is 18.3 Å². The highest BCUT2D eigenvalue weighted by atomic mass is 35.5. The van der Waals surface area contributed by atoms with Gasteiger partial charge in [0.1, 0.15) is 0 Å². The number of hydrogen-bond acceptors (Lipinski definition) is 2. The highest BCUT2D eigenvalue weighted by Crippen LogP contribution is 2.19. The monoisotopic (exact) mass is 213 g/mol. The molecule has 0 bridgehead atoms. The van der Waals surface area contributed by atoms with Gasteiger partial charge in [0.2, 0.25) is 0 Å². The van der Waals surface area contributed by atoms with E-state index in [0.29, 0.717) is 0 Å². The normalized spacial score (nSPS) is 10.2. The molecule has 0 radical (unpaired) electrons. The summed E-state index contributed by atoms with van der Waals surface area (Å²) in [5.74, 6) is 0. The average molecular weight is 214 g/mol. The Morgan fingerprint density at radius 1 is 1.36 bits per heavy atom. The van der Waals surface area contributed by atoms with Gasteiger partial charge in [0.25, 0.3) is 0 Å². The number of aliphatic hydroxyl groups is 1. The third-order valence-corrected chi connectivity index (χ3v) is 2.34. The van der Waals surface area contributed by atoms with Crippen LogP contribution >= 0.6 is 11.6 Å². The Balaban J connectivity index is 2.45. The molecule has 3 heteroatoms. The van der Waals surface area contributed by atoms with Crippen molar-refractivity contribution in [3.63, 3.8) is 0 Å². The van der Waals surface area contributed by atoms with E-state index in [0.717, 1.165) is 30.1 Å². The van der Waals surface area contributed by atoms with Gasteiger partial charge in [-0.25, -0.2) is 0 Å². The predicted molar refractivity (Wildman–Crippen MR) is 61.0 cm³/mol. The zero-order valence-corrected chi connectivity index (χ0v) is 9.14. The van der Waals surface area contributed by atoms with Gasteiger partial charge in [0, 0.05) is 23.9 Å². The van der Waals surface area contributed by atoms with Crippen LogP contribution in [0.2, 0.25) is 5.02 Å². The van der Waals surface area contributed by atoms with Crippen molar-refractivity contribution >= 4 is 17.3 Å². The van der Waals surface area contributed by atoms with Gasteiger partial charge >= 0.3 is 0 Å². The van der Waals surface area contributed by atoms with Crippen molar-refractivity contribution < 1.29 is 5.11 Å². The van der Waals surface area contributed by atoms with Crippen LogP contribution in [-0.2, 0) is 0 Å². The van der Waals surface area contributed by atoms with Gasteiger partial charge in [-0.15, -0.1) is 0 Å². The number of nitrogens with one attached hydrogen (secondary N) is 1. The molecule has 0 aliphatic rings. The second-order valence-electron chi connectivity index (χ2n) is 3.32. The molecule has 0 fully saturated rings. The van der Waals surface area contributed by atoms with Crippen molar-refractivity contribution in [2.45, 2.75) is 19.8 Å². The van der Waals surface area contributed by atoms with E-state index in [9.17, 15) is 0 Å². The predicted octanol–water partition coefficient (Wildman–Crippen LogP) is 2.83. The minimum absolute atomic E-state index is 0.260. The van der Waals surface area contributed by atoms with Crippen LogP contribution in [0.1, 0.15) is 18.4 Å². The molecule has 0 heterocycles. The summed E-state index contributed by atoms with van der Waals surface area (Å²) in [6, 6.07) is 5.81. The van der Waals surface area contributed by atoms with Gasteiger partial charge in [-0.2, -0.15) is 0 Å². The number of aliphatic hydroxyl groups excluding tert-OH is 1.